The first-order chi connectivity index (χ1) is 9.93. The van der Waals surface area contributed by atoms with Gasteiger partial charge in [0.25, 0.3) is 5.91 Å². The van der Waals surface area contributed by atoms with E-state index in [1.165, 1.54) is 12.1 Å². The Kier molecular flexibility index (Phi) is 5.75. The van der Waals surface area contributed by atoms with Gasteiger partial charge in [-0.3, -0.25) is 10.1 Å². The first-order valence-corrected chi connectivity index (χ1v) is 5.81. The van der Waals surface area contributed by atoms with Crippen LogP contribution in [0.15, 0.2) is 30.9 Å². The number of hydrogen-bond acceptors (Lipinski definition) is 6. The van der Waals surface area contributed by atoms with Crippen LogP contribution in [-0.4, -0.2) is 41.3 Å². The molecule has 3 amide bonds. The number of urea groups is 1. The van der Waals surface area contributed by atoms with Gasteiger partial charge in [-0.05, 0) is 12.1 Å². The summed E-state index contributed by atoms with van der Waals surface area (Å²) < 4.78 is 4.62. The number of imide groups is 1. The largest absolute Gasteiger partial charge is 0.508 e. The normalized spacial score (nSPS) is 9.52. The van der Waals surface area contributed by atoms with Crippen molar-refractivity contribution in [3.63, 3.8) is 0 Å². The number of phenols is 2. The SMILES string of the molecule is C=CCNC(=O)NC(=O)COC(=O)c1ccc(O)cc1O. The highest BCUT2D eigenvalue weighted by Crippen LogP contribution is 2.22. The highest BCUT2D eigenvalue weighted by molar-refractivity contribution is 5.97. The Hall–Kier alpha value is -3.03. The first-order valence-electron chi connectivity index (χ1n) is 5.81. The predicted octanol–water partition coefficient (Wildman–Crippen LogP) is 0.266. The van der Waals surface area contributed by atoms with E-state index in [4.69, 9.17) is 5.11 Å². The van der Waals surface area contributed by atoms with Crippen molar-refractivity contribution in [2.24, 2.45) is 0 Å². The third-order valence-corrected chi connectivity index (χ3v) is 2.20. The van der Waals surface area contributed by atoms with Gasteiger partial charge in [0.15, 0.2) is 6.61 Å². The van der Waals surface area contributed by atoms with Crippen LogP contribution in [-0.2, 0) is 9.53 Å². The summed E-state index contributed by atoms with van der Waals surface area (Å²) in [5.74, 6) is -2.50. The van der Waals surface area contributed by atoms with E-state index >= 15 is 0 Å². The Morgan fingerprint density at radius 2 is 2.00 bits per heavy atom. The van der Waals surface area contributed by atoms with Crippen molar-refractivity contribution in [2.75, 3.05) is 13.2 Å². The zero-order valence-electron chi connectivity index (χ0n) is 11.0. The molecular formula is C13H14N2O6. The summed E-state index contributed by atoms with van der Waals surface area (Å²) in [6.07, 6.45) is 1.43. The van der Waals surface area contributed by atoms with E-state index in [0.717, 1.165) is 12.1 Å². The molecule has 0 unspecified atom stereocenters. The zero-order valence-corrected chi connectivity index (χ0v) is 11.0. The van der Waals surface area contributed by atoms with Crippen LogP contribution in [0.2, 0.25) is 0 Å². The molecule has 8 heteroatoms. The summed E-state index contributed by atoms with van der Waals surface area (Å²) in [5, 5.41) is 22.7. The molecule has 0 saturated heterocycles. The lowest BCUT2D eigenvalue weighted by Gasteiger charge is -2.07. The second kappa shape index (κ2) is 7.53. The molecule has 0 radical (unpaired) electrons. The van der Waals surface area contributed by atoms with E-state index in [9.17, 15) is 19.5 Å². The second-order valence-electron chi connectivity index (χ2n) is 3.82. The number of nitrogens with one attached hydrogen (secondary N) is 2. The second-order valence-corrected chi connectivity index (χ2v) is 3.82. The molecule has 0 saturated carbocycles. The van der Waals surface area contributed by atoms with Crippen LogP contribution in [0.25, 0.3) is 0 Å². The van der Waals surface area contributed by atoms with Gasteiger partial charge in [-0.1, -0.05) is 6.08 Å². The monoisotopic (exact) mass is 294 g/mol. The fourth-order valence-corrected chi connectivity index (χ4v) is 1.27. The molecule has 21 heavy (non-hydrogen) atoms. The lowest BCUT2D eigenvalue weighted by molar-refractivity contribution is -0.123. The molecule has 0 aliphatic heterocycles. The van der Waals surface area contributed by atoms with Gasteiger partial charge in [-0.15, -0.1) is 6.58 Å². The maximum Gasteiger partial charge on any atom is 0.342 e. The van der Waals surface area contributed by atoms with Gasteiger partial charge in [0, 0.05) is 12.6 Å². The van der Waals surface area contributed by atoms with Crippen LogP contribution < -0.4 is 10.6 Å². The fraction of sp³-hybridized carbons (Fsp3) is 0.154. The molecule has 0 aliphatic carbocycles. The topological polar surface area (TPSA) is 125 Å². The minimum absolute atomic E-state index is 0.181. The average Bonchev–Trinajstić information content (AvgIpc) is 2.42. The van der Waals surface area contributed by atoms with E-state index in [1.54, 1.807) is 0 Å². The van der Waals surface area contributed by atoms with Crippen molar-refractivity contribution in [3.8, 4) is 11.5 Å². The molecule has 0 aliphatic rings. The molecule has 112 valence electrons. The smallest absolute Gasteiger partial charge is 0.342 e. The molecule has 1 aromatic carbocycles. The molecule has 4 N–H and O–H groups in total. The number of phenolic OH excluding ortho intramolecular Hbond substituents is 2. The van der Waals surface area contributed by atoms with Gasteiger partial charge >= 0.3 is 12.0 Å². The van der Waals surface area contributed by atoms with Gasteiger partial charge in [-0.2, -0.15) is 0 Å². The summed E-state index contributed by atoms with van der Waals surface area (Å²) >= 11 is 0. The number of amides is 3. The van der Waals surface area contributed by atoms with Crippen LogP contribution in [0.1, 0.15) is 10.4 Å². The molecule has 8 nitrogen and oxygen atoms in total. The predicted molar refractivity (Wildman–Crippen MR) is 71.8 cm³/mol. The van der Waals surface area contributed by atoms with Crippen LogP contribution in [0, 0.1) is 0 Å². The van der Waals surface area contributed by atoms with Crippen LogP contribution in [0.4, 0.5) is 4.79 Å². The number of aromatic hydroxyl groups is 2. The van der Waals surface area contributed by atoms with E-state index < -0.39 is 30.3 Å². The van der Waals surface area contributed by atoms with Gasteiger partial charge in [0.1, 0.15) is 17.1 Å². The van der Waals surface area contributed by atoms with Gasteiger partial charge in [0.05, 0.1) is 0 Å². The summed E-state index contributed by atoms with van der Waals surface area (Å²) in [5.41, 5.74) is -0.211. The van der Waals surface area contributed by atoms with Gasteiger partial charge in [-0.25, -0.2) is 9.59 Å². The minimum atomic E-state index is -0.964. The minimum Gasteiger partial charge on any atom is -0.508 e. The van der Waals surface area contributed by atoms with E-state index in [-0.39, 0.29) is 17.9 Å². The van der Waals surface area contributed by atoms with Crippen molar-refractivity contribution in [1.29, 1.82) is 0 Å². The Morgan fingerprint density at radius 1 is 1.29 bits per heavy atom. The third-order valence-electron chi connectivity index (χ3n) is 2.20. The summed E-state index contributed by atoms with van der Waals surface area (Å²) in [4.78, 5) is 34.0. The van der Waals surface area contributed by atoms with E-state index in [2.05, 4.69) is 16.6 Å². The standard InChI is InChI=1S/C13H14N2O6/c1-2-5-14-13(20)15-11(18)7-21-12(19)9-4-3-8(16)6-10(9)17/h2-4,6,16-17H,1,5,7H2,(H2,14,15,18,20). The van der Waals surface area contributed by atoms with Crippen molar-refractivity contribution in [3.05, 3.63) is 36.4 Å². The lowest BCUT2D eigenvalue weighted by Crippen LogP contribution is -2.41. The zero-order chi connectivity index (χ0) is 15.8. The number of rotatable bonds is 5. The number of carbonyl (C=O) groups excluding carboxylic acids is 3. The average molecular weight is 294 g/mol. The van der Waals surface area contributed by atoms with Crippen LogP contribution >= 0.6 is 0 Å². The van der Waals surface area contributed by atoms with Crippen LogP contribution in [0.3, 0.4) is 0 Å². The quantitative estimate of drug-likeness (QED) is 0.456. The number of carbonyl (C=O) groups is 3. The Morgan fingerprint density at radius 3 is 2.62 bits per heavy atom. The Labute approximate surface area is 120 Å². The van der Waals surface area contributed by atoms with Crippen molar-refractivity contribution in [2.45, 2.75) is 0 Å². The molecule has 1 aromatic rings. The van der Waals surface area contributed by atoms with Crippen molar-refractivity contribution < 1.29 is 29.3 Å². The maximum absolute atomic E-state index is 11.6. The lowest BCUT2D eigenvalue weighted by atomic mass is 10.2. The molecule has 0 aromatic heterocycles. The number of esters is 1. The van der Waals surface area contributed by atoms with Crippen LogP contribution in [0.5, 0.6) is 11.5 Å². The summed E-state index contributed by atoms with van der Waals surface area (Å²) in [6, 6.07) is 2.53. The van der Waals surface area contributed by atoms with E-state index in [1.807, 2.05) is 5.32 Å². The number of ether oxygens (including phenoxy) is 1. The molecule has 0 spiro atoms. The molecule has 0 heterocycles. The summed E-state index contributed by atoms with van der Waals surface area (Å²) in [7, 11) is 0. The highest BCUT2D eigenvalue weighted by Gasteiger charge is 2.15. The molecular weight excluding hydrogens is 280 g/mol. The van der Waals surface area contributed by atoms with Crippen molar-refractivity contribution >= 4 is 17.9 Å². The number of benzene rings is 1. The molecule has 0 atom stereocenters. The number of hydrogen-bond donors (Lipinski definition) is 4. The summed E-state index contributed by atoms with van der Waals surface area (Å²) in [6.45, 7) is 2.87. The fourth-order valence-electron chi connectivity index (χ4n) is 1.27. The molecule has 1 rings (SSSR count). The van der Waals surface area contributed by atoms with E-state index in [0.29, 0.717) is 0 Å². The Bertz CT molecular complexity index is 570. The van der Waals surface area contributed by atoms with Gasteiger partial charge < -0.3 is 20.3 Å². The Balaban J connectivity index is 2.47. The molecule has 0 fully saturated rings. The van der Waals surface area contributed by atoms with Crippen molar-refractivity contribution in [1.82, 2.24) is 10.6 Å². The first kappa shape index (κ1) is 16.0. The van der Waals surface area contributed by atoms with Gasteiger partial charge in [0.2, 0.25) is 0 Å². The molecule has 0 bridgehead atoms. The highest BCUT2D eigenvalue weighted by atomic mass is 16.5. The third kappa shape index (κ3) is 5.23. The maximum atomic E-state index is 11.6.